The Morgan fingerprint density at radius 2 is 1.90 bits per heavy atom. The normalized spacial score (nSPS) is 15.3. The summed E-state index contributed by atoms with van der Waals surface area (Å²) in [5.41, 5.74) is 1.61. The van der Waals surface area contributed by atoms with E-state index in [0.29, 0.717) is 33.9 Å². The summed E-state index contributed by atoms with van der Waals surface area (Å²) in [7, 11) is 1.84. The molecule has 0 aliphatic carbocycles. The van der Waals surface area contributed by atoms with Crippen LogP contribution in [0.1, 0.15) is 18.7 Å². The van der Waals surface area contributed by atoms with Crippen molar-refractivity contribution in [2.45, 2.75) is 19.4 Å². The molecule has 1 aliphatic rings. The number of nitrogens with zero attached hydrogens (tertiary/aromatic N) is 4. The van der Waals surface area contributed by atoms with Crippen LogP contribution >= 0.6 is 23.2 Å². The fraction of sp³-hybridized carbons (Fsp3) is 0.318. The van der Waals surface area contributed by atoms with Crippen LogP contribution in [0.4, 0.5) is 5.69 Å². The minimum absolute atomic E-state index is 0.0255. The van der Waals surface area contributed by atoms with Crippen molar-refractivity contribution in [1.82, 2.24) is 15.0 Å². The third-order valence-corrected chi connectivity index (χ3v) is 5.96. The molecular formula is C22H22Cl2N4O2. The van der Waals surface area contributed by atoms with E-state index in [1.807, 2.05) is 37.4 Å². The van der Waals surface area contributed by atoms with Crippen LogP contribution in [0.2, 0.25) is 10.0 Å². The van der Waals surface area contributed by atoms with Crippen LogP contribution in [0.25, 0.3) is 11.4 Å². The van der Waals surface area contributed by atoms with Gasteiger partial charge in [0.15, 0.2) is 0 Å². The molecule has 2 heterocycles. The molecule has 6 nitrogen and oxygen atoms in total. The summed E-state index contributed by atoms with van der Waals surface area (Å²) in [5, 5.41) is 5.08. The predicted octanol–water partition coefficient (Wildman–Crippen LogP) is 4.92. The third kappa shape index (κ3) is 4.67. The third-order valence-electron chi connectivity index (χ3n) is 5.41. The number of carbonyl (C=O) groups excluding carboxylic acids is 1. The lowest BCUT2D eigenvalue weighted by molar-refractivity contribution is -0.123. The zero-order chi connectivity index (χ0) is 21.1. The summed E-state index contributed by atoms with van der Waals surface area (Å²) in [6.45, 7) is 2.16. The topological polar surface area (TPSA) is 62.5 Å². The Morgan fingerprint density at radius 1 is 1.17 bits per heavy atom. The maximum absolute atomic E-state index is 12.8. The van der Waals surface area contributed by atoms with E-state index in [4.69, 9.17) is 27.7 Å². The highest BCUT2D eigenvalue weighted by molar-refractivity contribution is 6.36. The number of anilines is 1. The molecule has 2 aromatic carbocycles. The summed E-state index contributed by atoms with van der Waals surface area (Å²) in [5.74, 6) is 1.17. The number of amides is 1. The Balaban J connectivity index is 1.33. The van der Waals surface area contributed by atoms with Gasteiger partial charge in [0.1, 0.15) is 0 Å². The zero-order valence-corrected chi connectivity index (χ0v) is 18.1. The SMILES string of the molecule is CN(C(=O)C1CCN(Cc2nc(-c3ccc(Cl)cc3Cl)no2)CC1)c1ccccc1. The lowest BCUT2D eigenvalue weighted by Gasteiger charge is -2.32. The molecule has 0 spiro atoms. The predicted molar refractivity (Wildman–Crippen MR) is 118 cm³/mol. The monoisotopic (exact) mass is 444 g/mol. The second-order valence-electron chi connectivity index (χ2n) is 7.42. The van der Waals surface area contributed by atoms with Gasteiger partial charge in [0.25, 0.3) is 0 Å². The highest BCUT2D eigenvalue weighted by Crippen LogP contribution is 2.29. The van der Waals surface area contributed by atoms with Gasteiger partial charge >= 0.3 is 0 Å². The zero-order valence-electron chi connectivity index (χ0n) is 16.6. The fourth-order valence-electron chi connectivity index (χ4n) is 3.68. The highest BCUT2D eigenvalue weighted by Gasteiger charge is 2.28. The molecule has 4 rings (SSSR count). The number of hydrogen-bond acceptors (Lipinski definition) is 5. The first-order valence-corrected chi connectivity index (χ1v) is 10.6. The Hall–Kier alpha value is -2.41. The molecule has 3 aromatic rings. The van der Waals surface area contributed by atoms with Crippen molar-refractivity contribution in [3.8, 4) is 11.4 Å². The summed E-state index contributed by atoms with van der Waals surface area (Å²) < 4.78 is 5.41. The molecule has 1 fully saturated rings. The van der Waals surface area contributed by atoms with Gasteiger partial charge in [-0.05, 0) is 56.3 Å². The van der Waals surface area contributed by atoms with Gasteiger partial charge in [0.05, 0.1) is 11.6 Å². The van der Waals surface area contributed by atoms with Gasteiger partial charge < -0.3 is 9.42 Å². The van der Waals surface area contributed by atoms with E-state index in [2.05, 4.69) is 15.0 Å². The second-order valence-corrected chi connectivity index (χ2v) is 8.26. The molecule has 8 heteroatoms. The van der Waals surface area contributed by atoms with Crippen LogP contribution in [0.3, 0.4) is 0 Å². The number of aromatic nitrogens is 2. The highest BCUT2D eigenvalue weighted by atomic mass is 35.5. The molecule has 0 unspecified atom stereocenters. The lowest BCUT2D eigenvalue weighted by atomic mass is 9.95. The molecule has 30 heavy (non-hydrogen) atoms. The van der Waals surface area contributed by atoms with Gasteiger partial charge in [-0.3, -0.25) is 9.69 Å². The smallest absolute Gasteiger partial charge is 0.241 e. The van der Waals surface area contributed by atoms with E-state index in [9.17, 15) is 4.79 Å². The van der Waals surface area contributed by atoms with Gasteiger partial charge in [-0.15, -0.1) is 0 Å². The van der Waals surface area contributed by atoms with E-state index in [0.717, 1.165) is 31.6 Å². The number of rotatable bonds is 5. The summed E-state index contributed by atoms with van der Waals surface area (Å²) in [4.78, 5) is 21.3. The van der Waals surface area contributed by atoms with Crippen LogP contribution in [-0.2, 0) is 11.3 Å². The number of hydrogen-bond donors (Lipinski definition) is 0. The van der Waals surface area contributed by atoms with Crippen molar-refractivity contribution in [3.05, 3.63) is 64.5 Å². The Labute approximate surface area is 185 Å². The fourth-order valence-corrected chi connectivity index (χ4v) is 4.17. The van der Waals surface area contributed by atoms with E-state index >= 15 is 0 Å². The van der Waals surface area contributed by atoms with Crippen LogP contribution < -0.4 is 4.90 Å². The van der Waals surface area contributed by atoms with Crippen LogP contribution in [0.5, 0.6) is 0 Å². The van der Waals surface area contributed by atoms with Crippen molar-refractivity contribution in [2.24, 2.45) is 5.92 Å². The molecule has 0 bridgehead atoms. The Bertz CT molecular complexity index is 1020. The van der Waals surface area contributed by atoms with E-state index in [-0.39, 0.29) is 11.8 Å². The molecule has 0 N–H and O–H groups in total. The molecule has 0 saturated carbocycles. The molecule has 0 atom stereocenters. The van der Waals surface area contributed by atoms with Gasteiger partial charge in [-0.2, -0.15) is 4.98 Å². The Morgan fingerprint density at radius 3 is 2.60 bits per heavy atom. The first-order chi connectivity index (χ1) is 14.5. The minimum atomic E-state index is 0.0255. The molecule has 1 aliphatic heterocycles. The molecule has 0 radical (unpaired) electrons. The van der Waals surface area contributed by atoms with Crippen molar-refractivity contribution in [2.75, 3.05) is 25.0 Å². The van der Waals surface area contributed by atoms with Gasteiger partial charge in [-0.1, -0.05) is 46.6 Å². The first-order valence-electron chi connectivity index (χ1n) is 9.84. The number of para-hydroxylation sites is 1. The van der Waals surface area contributed by atoms with Crippen molar-refractivity contribution in [3.63, 3.8) is 0 Å². The van der Waals surface area contributed by atoms with Crippen LogP contribution in [0, 0.1) is 5.92 Å². The van der Waals surface area contributed by atoms with Crippen LogP contribution in [-0.4, -0.2) is 41.1 Å². The van der Waals surface area contributed by atoms with E-state index in [1.165, 1.54) is 0 Å². The molecule has 1 aromatic heterocycles. The number of carbonyl (C=O) groups is 1. The maximum Gasteiger partial charge on any atom is 0.241 e. The molecule has 156 valence electrons. The quantitative estimate of drug-likeness (QED) is 0.558. The minimum Gasteiger partial charge on any atom is -0.338 e. The standard InChI is InChI=1S/C22H22Cl2N4O2/c1-27(17-5-3-2-4-6-17)22(29)15-9-11-28(12-10-15)14-20-25-21(26-30-20)18-8-7-16(23)13-19(18)24/h2-8,13,15H,9-12,14H2,1H3. The number of halogens is 2. The largest absolute Gasteiger partial charge is 0.338 e. The number of benzene rings is 2. The van der Waals surface area contributed by atoms with Crippen molar-refractivity contribution in [1.29, 1.82) is 0 Å². The van der Waals surface area contributed by atoms with Gasteiger partial charge in [-0.25, -0.2) is 0 Å². The average molecular weight is 445 g/mol. The van der Waals surface area contributed by atoms with Crippen molar-refractivity contribution < 1.29 is 9.32 Å². The number of piperidine rings is 1. The van der Waals surface area contributed by atoms with E-state index in [1.54, 1.807) is 23.1 Å². The summed E-state index contributed by atoms with van der Waals surface area (Å²) in [6, 6.07) is 14.9. The first kappa shape index (κ1) is 20.8. The maximum atomic E-state index is 12.8. The van der Waals surface area contributed by atoms with Crippen molar-refractivity contribution >= 4 is 34.8 Å². The Kier molecular flexibility index (Phi) is 6.37. The number of likely N-dealkylation sites (tertiary alicyclic amines) is 1. The van der Waals surface area contributed by atoms with E-state index < -0.39 is 0 Å². The molecular weight excluding hydrogens is 423 g/mol. The second kappa shape index (κ2) is 9.16. The summed E-state index contributed by atoms with van der Waals surface area (Å²) in [6.07, 6.45) is 1.61. The van der Waals surface area contributed by atoms with Gasteiger partial charge in [0.2, 0.25) is 17.6 Å². The van der Waals surface area contributed by atoms with Gasteiger partial charge in [0, 0.05) is 29.2 Å². The van der Waals surface area contributed by atoms with Crippen LogP contribution in [0.15, 0.2) is 53.1 Å². The molecule has 1 amide bonds. The average Bonchev–Trinajstić information content (AvgIpc) is 3.22. The lowest BCUT2D eigenvalue weighted by Crippen LogP contribution is -2.41. The summed E-state index contributed by atoms with van der Waals surface area (Å²) >= 11 is 12.2. The molecule has 1 saturated heterocycles.